The zero-order valence-electron chi connectivity index (χ0n) is 7.92. The third-order valence-corrected chi connectivity index (χ3v) is 4.04. The predicted molar refractivity (Wildman–Crippen MR) is 61.7 cm³/mol. The van der Waals surface area contributed by atoms with Gasteiger partial charge in [0, 0.05) is 11.4 Å². The summed E-state index contributed by atoms with van der Waals surface area (Å²) in [6.45, 7) is 2.21. The van der Waals surface area contributed by atoms with E-state index in [1.807, 2.05) is 11.4 Å². The molecular formula is C10H12BrNOS. The van der Waals surface area contributed by atoms with Crippen LogP contribution in [0.1, 0.15) is 30.1 Å². The molecule has 1 aromatic rings. The summed E-state index contributed by atoms with van der Waals surface area (Å²) in [5.41, 5.74) is 0.765. The summed E-state index contributed by atoms with van der Waals surface area (Å²) >= 11 is 4.89. The zero-order chi connectivity index (χ0) is 10.1. The Bertz CT molecular complexity index is 344. The number of thiophene rings is 1. The predicted octanol–water partition coefficient (Wildman–Crippen LogP) is 3.04. The number of amides is 1. The van der Waals surface area contributed by atoms with Crippen LogP contribution in [0.25, 0.3) is 0 Å². The van der Waals surface area contributed by atoms with E-state index >= 15 is 0 Å². The van der Waals surface area contributed by atoms with Crippen molar-refractivity contribution in [1.29, 1.82) is 0 Å². The first kappa shape index (κ1) is 10.2. The minimum Gasteiger partial charge on any atom is -0.349 e. The maximum absolute atomic E-state index is 11.6. The lowest BCUT2D eigenvalue weighted by Crippen LogP contribution is -2.43. The first-order valence-electron chi connectivity index (χ1n) is 4.70. The maximum atomic E-state index is 11.6. The fraction of sp³-hybridized carbons (Fsp3) is 0.500. The standard InChI is InChI=1S/C10H12BrNOS/c1-6-2-8(3-6)12-10(13)7-4-9(11)14-5-7/h4-6,8H,2-3H2,1H3,(H,12,13). The third-order valence-electron chi connectivity index (χ3n) is 2.54. The van der Waals surface area contributed by atoms with Gasteiger partial charge in [0.2, 0.25) is 0 Å². The van der Waals surface area contributed by atoms with E-state index in [0.29, 0.717) is 6.04 Å². The lowest BCUT2D eigenvalue weighted by molar-refractivity contribution is 0.0896. The fourth-order valence-corrected chi connectivity index (χ4v) is 2.85. The molecule has 0 bridgehead atoms. The van der Waals surface area contributed by atoms with Crippen LogP contribution in [0.15, 0.2) is 15.2 Å². The molecule has 0 spiro atoms. The fourth-order valence-electron chi connectivity index (χ4n) is 1.72. The monoisotopic (exact) mass is 273 g/mol. The first-order valence-corrected chi connectivity index (χ1v) is 6.37. The van der Waals surface area contributed by atoms with Crippen molar-refractivity contribution in [2.75, 3.05) is 0 Å². The van der Waals surface area contributed by atoms with Crippen molar-refractivity contribution in [1.82, 2.24) is 5.32 Å². The molecule has 76 valence electrons. The minimum atomic E-state index is 0.0591. The van der Waals surface area contributed by atoms with Crippen LogP contribution in [0.2, 0.25) is 0 Å². The van der Waals surface area contributed by atoms with E-state index < -0.39 is 0 Å². The second kappa shape index (κ2) is 4.03. The average molecular weight is 274 g/mol. The maximum Gasteiger partial charge on any atom is 0.252 e. The van der Waals surface area contributed by atoms with Crippen LogP contribution in [0, 0.1) is 5.92 Å². The summed E-state index contributed by atoms with van der Waals surface area (Å²) in [5, 5.41) is 4.90. The number of carbonyl (C=O) groups excluding carboxylic acids is 1. The number of nitrogens with one attached hydrogen (secondary N) is 1. The number of carbonyl (C=O) groups is 1. The van der Waals surface area contributed by atoms with Crippen molar-refractivity contribution in [2.24, 2.45) is 5.92 Å². The molecule has 0 atom stereocenters. The Morgan fingerprint density at radius 3 is 2.86 bits per heavy atom. The molecule has 1 saturated carbocycles. The smallest absolute Gasteiger partial charge is 0.252 e. The van der Waals surface area contributed by atoms with Gasteiger partial charge in [-0.05, 0) is 40.8 Å². The quantitative estimate of drug-likeness (QED) is 0.882. The molecular weight excluding hydrogens is 262 g/mol. The Balaban J connectivity index is 1.90. The number of rotatable bonds is 2. The van der Waals surface area contributed by atoms with E-state index in [4.69, 9.17) is 0 Å². The van der Waals surface area contributed by atoms with Gasteiger partial charge >= 0.3 is 0 Å². The van der Waals surface area contributed by atoms with Crippen molar-refractivity contribution in [3.05, 3.63) is 20.8 Å². The first-order chi connectivity index (χ1) is 6.65. The Hall–Kier alpha value is -0.350. The third kappa shape index (κ3) is 2.17. The van der Waals surface area contributed by atoms with E-state index in [9.17, 15) is 4.79 Å². The van der Waals surface area contributed by atoms with Gasteiger partial charge in [-0.1, -0.05) is 6.92 Å². The summed E-state index contributed by atoms with van der Waals surface area (Å²) in [5.74, 6) is 0.832. The Kier molecular flexibility index (Phi) is 2.93. The van der Waals surface area contributed by atoms with Crippen molar-refractivity contribution in [3.8, 4) is 0 Å². The van der Waals surface area contributed by atoms with Crippen LogP contribution in [-0.2, 0) is 0 Å². The highest BCUT2D eigenvalue weighted by Gasteiger charge is 2.26. The van der Waals surface area contributed by atoms with E-state index in [-0.39, 0.29) is 5.91 Å². The van der Waals surface area contributed by atoms with E-state index in [1.165, 1.54) is 0 Å². The van der Waals surface area contributed by atoms with Gasteiger partial charge in [0.05, 0.1) is 9.35 Å². The van der Waals surface area contributed by atoms with E-state index in [0.717, 1.165) is 28.1 Å². The highest BCUT2D eigenvalue weighted by molar-refractivity contribution is 9.11. The van der Waals surface area contributed by atoms with Crippen molar-refractivity contribution in [2.45, 2.75) is 25.8 Å². The topological polar surface area (TPSA) is 29.1 Å². The molecule has 1 aliphatic carbocycles. The Morgan fingerprint density at radius 1 is 1.64 bits per heavy atom. The van der Waals surface area contributed by atoms with Gasteiger partial charge in [0.15, 0.2) is 0 Å². The normalized spacial score (nSPS) is 25.6. The van der Waals surface area contributed by atoms with Crippen LogP contribution in [-0.4, -0.2) is 11.9 Å². The van der Waals surface area contributed by atoms with Crippen LogP contribution >= 0.6 is 27.3 Å². The van der Waals surface area contributed by atoms with Gasteiger partial charge in [-0.15, -0.1) is 11.3 Å². The molecule has 0 unspecified atom stereocenters. The molecule has 2 rings (SSSR count). The zero-order valence-corrected chi connectivity index (χ0v) is 10.3. The lowest BCUT2D eigenvalue weighted by Gasteiger charge is -2.33. The second-order valence-corrected chi connectivity index (χ2v) is 6.18. The van der Waals surface area contributed by atoms with E-state index in [2.05, 4.69) is 28.2 Å². The molecule has 1 aliphatic rings. The van der Waals surface area contributed by atoms with Gasteiger partial charge in [0.25, 0.3) is 5.91 Å². The summed E-state index contributed by atoms with van der Waals surface area (Å²) in [7, 11) is 0. The molecule has 0 aliphatic heterocycles. The molecule has 2 nitrogen and oxygen atoms in total. The molecule has 0 aromatic carbocycles. The van der Waals surface area contributed by atoms with Gasteiger partial charge in [0.1, 0.15) is 0 Å². The van der Waals surface area contributed by atoms with Gasteiger partial charge in [-0.25, -0.2) is 0 Å². The summed E-state index contributed by atoms with van der Waals surface area (Å²) in [6, 6.07) is 2.26. The molecule has 1 heterocycles. The molecule has 0 saturated heterocycles. The molecule has 14 heavy (non-hydrogen) atoms. The van der Waals surface area contributed by atoms with Crippen LogP contribution < -0.4 is 5.32 Å². The number of halogens is 1. The molecule has 1 N–H and O–H groups in total. The van der Waals surface area contributed by atoms with E-state index in [1.54, 1.807) is 11.3 Å². The Labute approximate surface area is 95.8 Å². The molecule has 1 amide bonds. The average Bonchev–Trinajstić information content (AvgIpc) is 2.49. The van der Waals surface area contributed by atoms with Crippen LogP contribution in [0.5, 0.6) is 0 Å². The lowest BCUT2D eigenvalue weighted by atomic mass is 9.82. The number of hydrogen-bond donors (Lipinski definition) is 1. The highest BCUT2D eigenvalue weighted by Crippen LogP contribution is 2.27. The largest absolute Gasteiger partial charge is 0.349 e. The highest BCUT2D eigenvalue weighted by atomic mass is 79.9. The SMILES string of the molecule is CC1CC(NC(=O)c2csc(Br)c2)C1. The second-order valence-electron chi connectivity index (χ2n) is 3.89. The van der Waals surface area contributed by atoms with Crippen LogP contribution in [0.4, 0.5) is 0 Å². The summed E-state index contributed by atoms with van der Waals surface area (Å²) in [4.78, 5) is 11.6. The van der Waals surface area contributed by atoms with Crippen molar-refractivity contribution >= 4 is 33.2 Å². The molecule has 4 heteroatoms. The van der Waals surface area contributed by atoms with Gasteiger partial charge in [-0.2, -0.15) is 0 Å². The van der Waals surface area contributed by atoms with Crippen molar-refractivity contribution < 1.29 is 4.79 Å². The summed E-state index contributed by atoms with van der Waals surface area (Å²) < 4.78 is 1.00. The molecule has 1 fully saturated rings. The molecule has 0 radical (unpaired) electrons. The van der Waals surface area contributed by atoms with Gasteiger partial charge in [-0.3, -0.25) is 4.79 Å². The Morgan fingerprint density at radius 2 is 2.36 bits per heavy atom. The minimum absolute atomic E-state index is 0.0591. The molecule has 1 aromatic heterocycles. The summed E-state index contributed by atoms with van der Waals surface area (Å²) in [6.07, 6.45) is 2.24. The number of hydrogen-bond acceptors (Lipinski definition) is 2. The van der Waals surface area contributed by atoms with Crippen LogP contribution in [0.3, 0.4) is 0 Å². The van der Waals surface area contributed by atoms with Crippen molar-refractivity contribution in [3.63, 3.8) is 0 Å². The van der Waals surface area contributed by atoms with Gasteiger partial charge < -0.3 is 5.32 Å².